The molecule has 1 saturated heterocycles. The van der Waals surface area contributed by atoms with E-state index in [4.69, 9.17) is 4.74 Å². The van der Waals surface area contributed by atoms with E-state index in [0.717, 1.165) is 31.9 Å². The fourth-order valence-electron chi connectivity index (χ4n) is 2.75. The number of aliphatic hydroxyl groups is 1. The SMILES string of the molecule is OCC1CNCC1c1ccc2c(c1)CCO2. The lowest BCUT2D eigenvalue weighted by molar-refractivity contribution is 0.226. The fraction of sp³-hybridized carbons (Fsp3) is 0.538. The van der Waals surface area contributed by atoms with Gasteiger partial charge in [-0.1, -0.05) is 12.1 Å². The number of nitrogens with one attached hydrogen (secondary N) is 1. The molecule has 0 aromatic heterocycles. The Morgan fingerprint density at radius 2 is 2.31 bits per heavy atom. The maximum atomic E-state index is 9.33. The van der Waals surface area contributed by atoms with E-state index in [1.165, 1.54) is 11.1 Å². The molecule has 1 aromatic carbocycles. The van der Waals surface area contributed by atoms with Crippen LogP contribution in [0.4, 0.5) is 0 Å². The van der Waals surface area contributed by atoms with Gasteiger partial charge in [-0.25, -0.2) is 0 Å². The van der Waals surface area contributed by atoms with Crippen molar-refractivity contribution in [2.24, 2.45) is 5.92 Å². The fourth-order valence-corrected chi connectivity index (χ4v) is 2.75. The van der Waals surface area contributed by atoms with E-state index in [1.807, 2.05) is 0 Å². The van der Waals surface area contributed by atoms with Crippen LogP contribution < -0.4 is 10.1 Å². The molecule has 1 aromatic rings. The lowest BCUT2D eigenvalue weighted by atomic mass is 9.88. The van der Waals surface area contributed by atoms with E-state index in [1.54, 1.807) is 0 Å². The molecule has 3 rings (SSSR count). The highest BCUT2D eigenvalue weighted by Gasteiger charge is 2.28. The van der Waals surface area contributed by atoms with Crippen molar-refractivity contribution in [3.05, 3.63) is 29.3 Å². The molecule has 0 bridgehead atoms. The summed E-state index contributed by atoms with van der Waals surface area (Å²) in [5, 5.41) is 12.7. The molecule has 0 amide bonds. The van der Waals surface area contributed by atoms with E-state index >= 15 is 0 Å². The molecule has 2 atom stereocenters. The Morgan fingerprint density at radius 3 is 3.19 bits per heavy atom. The van der Waals surface area contributed by atoms with Gasteiger partial charge in [0.1, 0.15) is 5.75 Å². The predicted molar refractivity (Wildman–Crippen MR) is 61.8 cm³/mol. The van der Waals surface area contributed by atoms with Crippen LogP contribution >= 0.6 is 0 Å². The summed E-state index contributed by atoms with van der Waals surface area (Å²) >= 11 is 0. The first-order valence-corrected chi connectivity index (χ1v) is 5.95. The summed E-state index contributed by atoms with van der Waals surface area (Å²) in [6.45, 7) is 2.98. The lowest BCUT2D eigenvalue weighted by Crippen LogP contribution is -2.14. The minimum absolute atomic E-state index is 0.269. The quantitative estimate of drug-likeness (QED) is 0.777. The second-order valence-corrected chi connectivity index (χ2v) is 4.67. The van der Waals surface area contributed by atoms with Crippen LogP contribution in [0.5, 0.6) is 5.75 Å². The largest absolute Gasteiger partial charge is 0.493 e. The van der Waals surface area contributed by atoms with Crippen LogP contribution in [0.15, 0.2) is 18.2 Å². The van der Waals surface area contributed by atoms with Crippen LogP contribution in [0.25, 0.3) is 0 Å². The number of ether oxygens (including phenoxy) is 1. The Kier molecular flexibility index (Phi) is 2.58. The predicted octanol–water partition coefficient (Wildman–Crippen LogP) is 0.917. The third-order valence-corrected chi connectivity index (χ3v) is 3.72. The zero-order valence-corrected chi connectivity index (χ0v) is 9.28. The second-order valence-electron chi connectivity index (χ2n) is 4.67. The van der Waals surface area contributed by atoms with Crippen molar-refractivity contribution < 1.29 is 9.84 Å². The van der Waals surface area contributed by atoms with Gasteiger partial charge in [0.25, 0.3) is 0 Å². The van der Waals surface area contributed by atoms with Crippen molar-refractivity contribution in [1.29, 1.82) is 0 Å². The molecule has 0 radical (unpaired) electrons. The standard InChI is InChI=1S/C13H17NO2/c15-8-11-6-14-7-12(11)9-1-2-13-10(5-9)3-4-16-13/h1-2,5,11-12,14-15H,3-4,6-8H2. The summed E-state index contributed by atoms with van der Waals surface area (Å²) in [7, 11) is 0. The van der Waals surface area contributed by atoms with Crippen LogP contribution in [-0.2, 0) is 6.42 Å². The van der Waals surface area contributed by atoms with Crippen molar-refractivity contribution in [3.8, 4) is 5.75 Å². The highest BCUT2D eigenvalue weighted by atomic mass is 16.5. The number of rotatable bonds is 2. The highest BCUT2D eigenvalue weighted by Crippen LogP contribution is 2.33. The number of hydrogen-bond acceptors (Lipinski definition) is 3. The zero-order valence-electron chi connectivity index (χ0n) is 9.28. The number of benzene rings is 1. The third-order valence-electron chi connectivity index (χ3n) is 3.72. The van der Waals surface area contributed by atoms with Crippen LogP contribution in [0.1, 0.15) is 17.0 Å². The first kappa shape index (κ1) is 10.1. The minimum atomic E-state index is 0.269. The van der Waals surface area contributed by atoms with E-state index in [9.17, 15) is 5.11 Å². The summed E-state index contributed by atoms with van der Waals surface area (Å²) < 4.78 is 5.50. The van der Waals surface area contributed by atoms with E-state index in [0.29, 0.717) is 11.8 Å². The maximum Gasteiger partial charge on any atom is 0.122 e. The topological polar surface area (TPSA) is 41.5 Å². The van der Waals surface area contributed by atoms with Crippen LogP contribution in [0.2, 0.25) is 0 Å². The van der Waals surface area contributed by atoms with Gasteiger partial charge in [0.2, 0.25) is 0 Å². The molecule has 2 heterocycles. The van der Waals surface area contributed by atoms with Crippen LogP contribution in [0, 0.1) is 5.92 Å². The molecule has 1 fully saturated rings. The zero-order chi connectivity index (χ0) is 11.0. The molecule has 2 aliphatic heterocycles. The Bertz CT molecular complexity index is 392. The second kappa shape index (κ2) is 4.07. The van der Waals surface area contributed by atoms with Gasteiger partial charge in [-0.3, -0.25) is 0 Å². The first-order valence-electron chi connectivity index (χ1n) is 5.95. The average molecular weight is 219 g/mol. The van der Waals surface area contributed by atoms with Gasteiger partial charge in [0, 0.05) is 38.0 Å². The molecular formula is C13H17NO2. The van der Waals surface area contributed by atoms with E-state index in [2.05, 4.69) is 23.5 Å². The van der Waals surface area contributed by atoms with Gasteiger partial charge in [0.15, 0.2) is 0 Å². The molecule has 0 aliphatic carbocycles. The molecule has 3 heteroatoms. The van der Waals surface area contributed by atoms with Gasteiger partial charge in [-0.05, 0) is 17.2 Å². The molecule has 16 heavy (non-hydrogen) atoms. The first-order chi connectivity index (χ1) is 7.88. The molecule has 2 unspecified atom stereocenters. The van der Waals surface area contributed by atoms with Gasteiger partial charge >= 0.3 is 0 Å². The van der Waals surface area contributed by atoms with Crippen molar-refractivity contribution >= 4 is 0 Å². The van der Waals surface area contributed by atoms with Crippen molar-refractivity contribution in [1.82, 2.24) is 5.32 Å². The van der Waals surface area contributed by atoms with E-state index < -0.39 is 0 Å². The van der Waals surface area contributed by atoms with Crippen molar-refractivity contribution in [2.75, 3.05) is 26.3 Å². The van der Waals surface area contributed by atoms with Crippen LogP contribution in [0.3, 0.4) is 0 Å². The highest BCUT2D eigenvalue weighted by molar-refractivity contribution is 5.41. The molecule has 2 N–H and O–H groups in total. The maximum absolute atomic E-state index is 9.33. The molecule has 0 spiro atoms. The molecular weight excluding hydrogens is 202 g/mol. The number of hydrogen-bond donors (Lipinski definition) is 2. The summed E-state index contributed by atoms with van der Waals surface area (Å²) in [6, 6.07) is 6.47. The van der Waals surface area contributed by atoms with E-state index in [-0.39, 0.29) is 6.61 Å². The van der Waals surface area contributed by atoms with Gasteiger partial charge in [-0.15, -0.1) is 0 Å². The van der Waals surface area contributed by atoms with Crippen LogP contribution in [-0.4, -0.2) is 31.4 Å². The monoisotopic (exact) mass is 219 g/mol. The summed E-state index contributed by atoms with van der Waals surface area (Å²) in [6.07, 6.45) is 1.02. The summed E-state index contributed by atoms with van der Waals surface area (Å²) in [4.78, 5) is 0. The van der Waals surface area contributed by atoms with Crippen molar-refractivity contribution in [2.45, 2.75) is 12.3 Å². The van der Waals surface area contributed by atoms with Crippen molar-refractivity contribution in [3.63, 3.8) is 0 Å². The average Bonchev–Trinajstić information content (AvgIpc) is 2.96. The number of aliphatic hydroxyl groups excluding tert-OH is 1. The van der Waals surface area contributed by atoms with Gasteiger partial charge in [0.05, 0.1) is 6.61 Å². The minimum Gasteiger partial charge on any atom is -0.493 e. The Balaban J connectivity index is 1.89. The van der Waals surface area contributed by atoms with Gasteiger partial charge < -0.3 is 15.2 Å². The lowest BCUT2D eigenvalue weighted by Gasteiger charge is -2.17. The smallest absolute Gasteiger partial charge is 0.122 e. The normalized spacial score (nSPS) is 27.8. The molecule has 86 valence electrons. The molecule has 2 aliphatic rings. The molecule has 3 nitrogen and oxygen atoms in total. The third kappa shape index (κ3) is 1.60. The Labute approximate surface area is 95.4 Å². The number of fused-ring (bicyclic) bond motifs is 1. The Hall–Kier alpha value is -1.06. The van der Waals surface area contributed by atoms with Gasteiger partial charge in [-0.2, -0.15) is 0 Å². The summed E-state index contributed by atoms with van der Waals surface area (Å²) in [5.41, 5.74) is 2.66. The molecule has 0 saturated carbocycles. The summed E-state index contributed by atoms with van der Waals surface area (Å²) in [5.74, 6) is 1.85. The Morgan fingerprint density at radius 1 is 1.38 bits per heavy atom.